The maximum Gasteiger partial charge on any atom is 0.137 e. The lowest BCUT2D eigenvalue weighted by Crippen LogP contribution is -2.04. The highest BCUT2D eigenvalue weighted by atomic mass is 16.6. The summed E-state index contributed by atoms with van der Waals surface area (Å²) in [5, 5.41) is 27.2. The molecule has 0 aliphatic heterocycles. The van der Waals surface area contributed by atoms with Crippen molar-refractivity contribution in [3.8, 4) is 17.6 Å². The first kappa shape index (κ1) is 10.3. The van der Waals surface area contributed by atoms with Crippen LogP contribution in [0.2, 0.25) is 0 Å². The van der Waals surface area contributed by atoms with Crippen LogP contribution >= 0.6 is 0 Å². The first-order chi connectivity index (χ1) is 6.69. The molecule has 5 nitrogen and oxygen atoms in total. The van der Waals surface area contributed by atoms with Crippen molar-refractivity contribution >= 4 is 0 Å². The molecule has 1 rings (SSSR count). The van der Waals surface area contributed by atoms with E-state index in [-0.39, 0.29) is 23.7 Å². The second-order valence-corrected chi connectivity index (χ2v) is 2.73. The molecule has 0 heterocycles. The number of aromatic hydroxyl groups is 2. The fourth-order valence-electron chi connectivity index (χ4n) is 1.08. The standard InChI is InChI=1S/C9H10N2O3/c10-5-7-3-6(1-2-14-11)8(12)4-9(7)13/h3-4,12-13H,1-2,11H2. The highest BCUT2D eigenvalue weighted by molar-refractivity contribution is 5.50. The molecule has 4 N–H and O–H groups in total. The summed E-state index contributed by atoms with van der Waals surface area (Å²) >= 11 is 0. The Morgan fingerprint density at radius 3 is 2.64 bits per heavy atom. The van der Waals surface area contributed by atoms with E-state index in [4.69, 9.17) is 11.2 Å². The van der Waals surface area contributed by atoms with Crippen molar-refractivity contribution in [3.63, 3.8) is 0 Å². The van der Waals surface area contributed by atoms with Crippen molar-refractivity contribution < 1.29 is 15.1 Å². The summed E-state index contributed by atoms with van der Waals surface area (Å²) < 4.78 is 0. The molecule has 0 saturated heterocycles. The minimum absolute atomic E-state index is 0.0708. The van der Waals surface area contributed by atoms with E-state index in [1.807, 2.05) is 0 Å². The van der Waals surface area contributed by atoms with E-state index in [2.05, 4.69) is 4.84 Å². The van der Waals surface area contributed by atoms with Crippen LogP contribution in [-0.4, -0.2) is 16.8 Å². The Balaban J connectivity index is 3.00. The molecule has 0 amide bonds. The van der Waals surface area contributed by atoms with E-state index < -0.39 is 0 Å². The van der Waals surface area contributed by atoms with Crippen LogP contribution in [0.5, 0.6) is 11.5 Å². The second kappa shape index (κ2) is 4.46. The third kappa shape index (κ3) is 2.13. The van der Waals surface area contributed by atoms with Gasteiger partial charge in [0.2, 0.25) is 0 Å². The van der Waals surface area contributed by atoms with Crippen molar-refractivity contribution in [2.75, 3.05) is 6.61 Å². The predicted octanol–water partition coefficient (Wildman–Crippen LogP) is 0.402. The molecule has 5 heteroatoms. The van der Waals surface area contributed by atoms with E-state index >= 15 is 0 Å². The van der Waals surface area contributed by atoms with Crippen LogP contribution < -0.4 is 5.90 Å². The lowest BCUT2D eigenvalue weighted by Gasteiger charge is -2.05. The summed E-state index contributed by atoms with van der Waals surface area (Å²) in [6.45, 7) is 0.239. The van der Waals surface area contributed by atoms with Gasteiger partial charge in [0.05, 0.1) is 12.2 Å². The molecule has 0 unspecified atom stereocenters. The lowest BCUT2D eigenvalue weighted by molar-refractivity contribution is 0.140. The predicted molar refractivity (Wildman–Crippen MR) is 48.3 cm³/mol. The Labute approximate surface area is 80.9 Å². The van der Waals surface area contributed by atoms with Crippen LogP contribution in [0.25, 0.3) is 0 Å². The van der Waals surface area contributed by atoms with Crippen LogP contribution in [0, 0.1) is 11.3 Å². The van der Waals surface area contributed by atoms with E-state index in [0.29, 0.717) is 12.0 Å². The van der Waals surface area contributed by atoms with E-state index in [1.165, 1.54) is 6.07 Å². The number of phenolic OH excluding ortho intramolecular Hbond substituents is 2. The van der Waals surface area contributed by atoms with Gasteiger partial charge in [0.1, 0.15) is 17.6 Å². The Morgan fingerprint density at radius 1 is 1.36 bits per heavy atom. The zero-order chi connectivity index (χ0) is 10.6. The van der Waals surface area contributed by atoms with Gasteiger partial charge in [0.25, 0.3) is 0 Å². The monoisotopic (exact) mass is 194 g/mol. The van der Waals surface area contributed by atoms with Crippen molar-refractivity contribution in [1.82, 2.24) is 0 Å². The third-order valence-corrected chi connectivity index (χ3v) is 1.81. The summed E-state index contributed by atoms with van der Waals surface area (Å²) in [6.07, 6.45) is 0.386. The average Bonchev–Trinajstić information content (AvgIpc) is 2.17. The molecule has 0 aromatic heterocycles. The number of rotatable bonds is 3. The Kier molecular flexibility index (Phi) is 3.29. The Bertz CT molecular complexity index is 371. The molecular formula is C9H10N2O3. The quantitative estimate of drug-likeness (QED) is 0.605. The number of nitriles is 1. The van der Waals surface area contributed by atoms with Crippen molar-refractivity contribution in [2.45, 2.75) is 6.42 Å². The van der Waals surface area contributed by atoms with Gasteiger partial charge in [-0.1, -0.05) is 0 Å². The maximum absolute atomic E-state index is 9.37. The molecule has 14 heavy (non-hydrogen) atoms. The molecule has 0 radical (unpaired) electrons. The smallest absolute Gasteiger partial charge is 0.137 e. The molecule has 0 saturated carbocycles. The first-order valence-electron chi connectivity index (χ1n) is 3.95. The molecule has 0 bridgehead atoms. The summed E-state index contributed by atoms with van der Waals surface area (Å²) in [5.74, 6) is 4.53. The highest BCUT2D eigenvalue weighted by Gasteiger charge is 2.07. The summed E-state index contributed by atoms with van der Waals surface area (Å²) in [6, 6.07) is 4.34. The largest absolute Gasteiger partial charge is 0.508 e. The maximum atomic E-state index is 9.37. The highest BCUT2D eigenvalue weighted by Crippen LogP contribution is 2.26. The van der Waals surface area contributed by atoms with Gasteiger partial charge >= 0.3 is 0 Å². The fourth-order valence-corrected chi connectivity index (χ4v) is 1.08. The van der Waals surface area contributed by atoms with E-state index in [9.17, 15) is 10.2 Å². The molecule has 1 aromatic rings. The van der Waals surface area contributed by atoms with Crippen LogP contribution in [0.3, 0.4) is 0 Å². The second-order valence-electron chi connectivity index (χ2n) is 2.73. The van der Waals surface area contributed by atoms with Gasteiger partial charge in [-0.2, -0.15) is 5.26 Å². The number of benzene rings is 1. The Hall–Kier alpha value is -1.77. The van der Waals surface area contributed by atoms with Crippen LogP contribution in [0.1, 0.15) is 11.1 Å². The molecule has 0 spiro atoms. The summed E-state index contributed by atoms with van der Waals surface area (Å²) in [5.41, 5.74) is 0.639. The van der Waals surface area contributed by atoms with Gasteiger partial charge in [0, 0.05) is 12.5 Å². The van der Waals surface area contributed by atoms with Gasteiger partial charge < -0.3 is 15.1 Å². The molecule has 1 aromatic carbocycles. The minimum Gasteiger partial charge on any atom is -0.508 e. The van der Waals surface area contributed by atoms with E-state index in [1.54, 1.807) is 6.07 Å². The topological polar surface area (TPSA) is 99.5 Å². The number of hydrogen-bond donors (Lipinski definition) is 3. The number of hydrogen-bond acceptors (Lipinski definition) is 5. The SMILES string of the molecule is N#Cc1cc(CCON)c(O)cc1O. The molecule has 74 valence electrons. The molecular weight excluding hydrogens is 184 g/mol. The van der Waals surface area contributed by atoms with Gasteiger partial charge in [0.15, 0.2) is 0 Å². The van der Waals surface area contributed by atoms with Crippen molar-refractivity contribution in [1.29, 1.82) is 5.26 Å². The van der Waals surface area contributed by atoms with Crippen LogP contribution in [-0.2, 0) is 11.3 Å². The first-order valence-corrected chi connectivity index (χ1v) is 3.95. The number of phenols is 2. The van der Waals surface area contributed by atoms with Crippen molar-refractivity contribution in [3.05, 3.63) is 23.3 Å². The average molecular weight is 194 g/mol. The van der Waals surface area contributed by atoms with Crippen LogP contribution in [0.4, 0.5) is 0 Å². The third-order valence-electron chi connectivity index (χ3n) is 1.81. The lowest BCUT2D eigenvalue weighted by atomic mass is 10.1. The van der Waals surface area contributed by atoms with Crippen LogP contribution in [0.15, 0.2) is 12.1 Å². The zero-order valence-electron chi connectivity index (χ0n) is 7.40. The number of nitrogens with zero attached hydrogens (tertiary/aromatic N) is 1. The normalized spacial score (nSPS) is 9.71. The van der Waals surface area contributed by atoms with Gasteiger partial charge in [-0.15, -0.1) is 0 Å². The molecule has 0 aliphatic rings. The zero-order valence-corrected chi connectivity index (χ0v) is 7.40. The summed E-state index contributed by atoms with van der Waals surface area (Å²) in [7, 11) is 0. The van der Waals surface area contributed by atoms with Gasteiger partial charge in [-0.05, 0) is 11.6 Å². The van der Waals surface area contributed by atoms with Gasteiger partial charge in [-0.25, -0.2) is 5.90 Å². The molecule has 0 fully saturated rings. The number of nitrogens with two attached hydrogens (primary N) is 1. The van der Waals surface area contributed by atoms with Gasteiger partial charge in [-0.3, -0.25) is 0 Å². The minimum atomic E-state index is -0.234. The molecule has 0 aliphatic carbocycles. The van der Waals surface area contributed by atoms with Crippen molar-refractivity contribution in [2.24, 2.45) is 5.90 Å². The summed E-state index contributed by atoms with van der Waals surface area (Å²) in [4.78, 5) is 4.35. The molecule has 0 atom stereocenters. The fraction of sp³-hybridized carbons (Fsp3) is 0.222. The van der Waals surface area contributed by atoms with E-state index in [0.717, 1.165) is 6.07 Å². The Morgan fingerprint density at radius 2 is 2.07 bits per heavy atom.